The second-order valence-electron chi connectivity index (χ2n) is 19.6. The van der Waals surface area contributed by atoms with E-state index in [4.69, 9.17) is 8.83 Å². The van der Waals surface area contributed by atoms with E-state index in [1.54, 1.807) is 0 Å². The number of hydrogen-bond acceptors (Lipinski definition) is 4. The van der Waals surface area contributed by atoms with Crippen LogP contribution in [0.5, 0.6) is 0 Å². The van der Waals surface area contributed by atoms with Gasteiger partial charge in [-0.1, -0.05) is 189 Å². The summed E-state index contributed by atoms with van der Waals surface area (Å²) < 4.78 is 14.8. The maximum atomic E-state index is 7.45. The van der Waals surface area contributed by atoms with Gasteiger partial charge in [0.15, 0.2) is 5.58 Å². The quantitative estimate of drug-likeness (QED) is 0.135. The number of nitrogens with zero attached hydrogens (tertiary/aromatic N) is 2. The largest absolute Gasteiger partial charge is 0.455 e. The number of hydrogen-bond donors (Lipinski definition) is 0. The normalized spacial score (nSPS) is 13.0. The minimum Gasteiger partial charge on any atom is -0.455 e. The molecule has 0 amide bonds. The maximum Gasteiger partial charge on any atom is 0.160 e. The molecule has 2 heterocycles. The Balaban J connectivity index is 1.28. The molecule has 336 valence electrons. The lowest BCUT2D eigenvalue weighted by Crippen LogP contribution is -2.40. The number of para-hydroxylation sites is 6. The molecule has 13 rings (SSSR count). The molecule has 0 unspecified atom stereocenters. The highest BCUT2D eigenvalue weighted by Crippen LogP contribution is 2.64. The van der Waals surface area contributed by atoms with Crippen molar-refractivity contribution in [1.29, 1.82) is 0 Å². The summed E-state index contributed by atoms with van der Waals surface area (Å²) in [5.74, 6) is 0. The third-order valence-corrected chi connectivity index (χ3v) is 16.6. The van der Waals surface area contributed by atoms with Crippen LogP contribution in [0.15, 0.2) is 239 Å². The Morgan fingerprint density at radius 3 is 1.41 bits per heavy atom. The van der Waals surface area contributed by atoms with Crippen molar-refractivity contribution in [2.45, 2.75) is 32.0 Å². The van der Waals surface area contributed by atoms with Crippen LogP contribution in [0.2, 0.25) is 19.6 Å². The predicted molar refractivity (Wildman–Crippen MR) is 295 cm³/mol. The Morgan fingerprint density at radius 2 is 0.829 bits per heavy atom. The Hall–Kier alpha value is -8.38. The molecule has 5 heteroatoms. The molecule has 0 spiro atoms. The van der Waals surface area contributed by atoms with E-state index >= 15 is 0 Å². The average molecular weight is 919 g/mol. The topological polar surface area (TPSA) is 32.8 Å². The van der Waals surface area contributed by atoms with Gasteiger partial charge in [-0.25, -0.2) is 0 Å². The number of benzene rings is 10. The molecule has 0 aliphatic heterocycles. The molecule has 70 heavy (non-hydrogen) atoms. The summed E-state index contributed by atoms with van der Waals surface area (Å²) in [5, 5.41) is 5.62. The fourth-order valence-electron chi connectivity index (χ4n) is 11.6. The summed E-state index contributed by atoms with van der Waals surface area (Å²) in [4.78, 5) is 4.92. The Labute approximate surface area is 409 Å². The SMILES string of the molecule is Cc1ccccc1N(c1ccccc1)c1cc2c(c3oc4ccccc4c13)-c1c(cc(N(c3ccccc3)c3ccccc3[Si](C)(C)C)c3oc4ccccc4c13)C2(c1ccccc1)c1ccccc1. The van der Waals surface area contributed by atoms with Crippen LogP contribution in [0.1, 0.15) is 27.8 Å². The number of aryl methyl sites for hydroxylation is 1. The van der Waals surface area contributed by atoms with E-state index in [1.165, 1.54) is 16.3 Å². The lowest BCUT2D eigenvalue weighted by Gasteiger charge is -2.36. The zero-order chi connectivity index (χ0) is 47.1. The standard InChI is InChI=1S/C65H50N2O2Si/c1-43-25-17-20-36-52(43)66(46-30-13-7-14-31-46)54-41-51-62(64-59(54)48-34-18-22-38-56(48)69-64)61-50(65(51,44-26-9-5-10-27-44)45-28-11-6-12-29-45)42-55(63-60(61)49-35-19-23-39-57(49)68-63)67(47-32-15-8-16-33-47)53-37-21-24-40-58(53)70(2,3)4/h5-42H,1-4H3. The van der Waals surface area contributed by atoms with Gasteiger partial charge in [-0.2, -0.15) is 0 Å². The van der Waals surface area contributed by atoms with Gasteiger partial charge in [0.1, 0.15) is 16.7 Å². The molecule has 0 saturated heterocycles. The minimum absolute atomic E-state index is 0.830. The Morgan fingerprint density at radius 1 is 0.386 bits per heavy atom. The zero-order valence-corrected chi connectivity index (χ0v) is 40.7. The first-order valence-electron chi connectivity index (χ1n) is 24.3. The van der Waals surface area contributed by atoms with Crippen LogP contribution < -0.4 is 15.0 Å². The zero-order valence-electron chi connectivity index (χ0n) is 39.7. The summed E-state index contributed by atoms with van der Waals surface area (Å²) in [7, 11) is -1.93. The third kappa shape index (κ3) is 6.21. The van der Waals surface area contributed by atoms with Crippen molar-refractivity contribution in [3.05, 3.63) is 258 Å². The van der Waals surface area contributed by atoms with E-state index < -0.39 is 13.5 Å². The number of anilines is 6. The molecule has 0 radical (unpaired) electrons. The number of fused-ring (bicyclic) bond motifs is 11. The molecular weight excluding hydrogens is 869 g/mol. The van der Waals surface area contributed by atoms with Crippen molar-refractivity contribution in [3.8, 4) is 11.1 Å². The van der Waals surface area contributed by atoms with Crippen LogP contribution in [0, 0.1) is 6.92 Å². The van der Waals surface area contributed by atoms with Gasteiger partial charge in [0.05, 0.1) is 30.2 Å². The summed E-state index contributed by atoms with van der Waals surface area (Å²) in [6.45, 7) is 9.52. The first-order valence-corrected chi connectivity index (χ1v) is 27.8. The van der Waals surface area contributed by atoms with E-state index in [0.29, 0.717) is 0 Å². The fraction of sp³-hybridized carbons (Fsp3) is 0.0769. The maximum absolute atomic E-state index is 7.45. The van der Waals surface area contributed by atoms with Crippen molar-refractivity contribution in [1.82, 2.24) is 0 Å². The van der Waals surface area contributed by atoms with E-state index in [1.807, 2.05) is 0 Å². The van der Waals surface area contributed by atoms with Crippen LogP contribution in [0.25, 0.3) is 55.0 Å². The van der Waals surface area contributed by atoms with Gasteiger partial charge in [0.2, 0.25) is 0 Å². The van der Waals surface area contributed by atoms with Crippen LogP contribution in [-0.2, 0) is 5.41 Å². The Kier molecular flexibility index (Phi) is 9.62. The van der Waals surface area contributed by atoms with E-state index in [2.05, 4.69) is 267 Å². The van der Waals surface area contributed by atoms with E-state index in [0.717, 1.165) is 106 Å². The molecule has 0 bridgehead atoms. The minimum atomic E-state index is -1.93. The van der Waals surface area contributed by atoms with E-state index in [-0.39, 0.29) is 0 Å². The molecule has 4 nitrogen and oxygen atoms in total. The van der Waals surface area contributed by atoms with Gasteiger partial charge in [-0.05, 0) is 101 Å². The molecule has 10 aromatic carbocycles. The van der Waals surface area contributed by atoms with Gasteiger partial charge >= 0.3 is 0 Å². The lowest BCUT2D eigenvalue weighted by atomic mass is 9.67. The first kappa shape index (κ1) is 41.8. The van der Waals surface area contributed by atoms with Crippen molar-refractivity contribution in [2.24, 2.45) is 0 Å². The third-order valence-electron chi connectivity index (χ3n) is 14.5. The number of rotatable bonds is 9. The predicted octanol–water partition coefficient (Wildman–Crippen LogP) is 17.6. The molecule has 1 aliphatic rings. The van der Waals surface area contributed by atoms with Crippen LogP contribution in [0.3, 0.4) is 0 Å². The van der Waals surface area contributed by atoms with Crippen LogP contribution in [0.4, 0.5) is 34.1 Å². The van der Waals surface area contributed by atoms with Crippen molar-refractivity contribution < 1.29 is 8.83 Å². The average Bonchev–Trinajstić information content (AvgIpc) is 4.07. The fourth-order valence-corrected chi connectivity index (χ4v) is 13.2. The highest BCUT2D eigenvalue weighted by Gasteiger charge is 2.50. The molecule has 0 fully saturated rings. The number of furan rings is 2. The molecule has 1 aliphatic carbocycles. The van der Waals surface area contributed by atoms with E-state index in [9.17, 15) is 0 Å². The van der Waals surface area contributed by atoms with Crippen LogP contribution in [-0.4, -0.2) is 8.07 Å². The van der Waals surface area contributed by atoms with Gasteiger partial charge in [-0.3, -0.25) is 0 Å². The summed E-state index contributed by atoms with van der Waals surface area (Å²) in [5.41, 5.74) is 16.9. The molecule has 0 atom stereocenters. The molecule has 12 aromatic rings. The summed E-state index contributed by atoms with van der Waals surface area (Å²) >= 11 is 0. The van der Waals surface area contributed by atoms with Gasteiger partial charge in [0, 0.05) is 50.0 Å². The van der Waals surface area contributed by atoms with Gasteiger partial charge in [0.25, 0.3) is 0 Å². The monoisotopic (exact) mass is 918 g/mol. The van der Waals surface area contributed by atoms with Crippen molar-refractivity contribution in [3.63, 3.8) is 0 Å². The lowest BCUT2D eigenvalue weighted by molar-refractivity contribution is 0.668. The molecule has 0 saturated carbocycles. The Bertz CT molecular complexity index is 3910. The first-order chi connectivity index (χ1) is 34.3. The molecule has 0 N–H and O–H groups in total. The van der Waals surface area contributed by atoms with Crippen LogP contribution >= 0.6 is 0 Å². The second-order valence-corrected chi connectivity index (χ2v) is 24.7. The molecule has 2 aromatic heterocycles. The van der Waals surface area contributed by atoms with Gasteiger partial charge in [-0.15, -0.1) is 0 Å². The van der Waals surface area contributed by atoms with Gasteiger partial charge < -0.3 is 18.6 Å². The van der Waals surface area contributed by atoms with Crippen molar-refractivity contribution in [2.75, 3.05) is 9.80 Å². The highest BCUT2D eigenvalue weighted by atomic mass is 28.3. The summed E-state index contributed by atoms with van der Waals surface area (Å²) in [6, 6.07) is 83.7. The van der Waals surface area contributed by atoms with Crippen molar-refractivity contribution >= 4 is 91.3 Å². The highest BCUT2D eigenvalue weighted by molar-refractivity contribution is 6.89. The summed E-state index contributed by atoms with van der Waals surface area (Å²) in [6.07, 6.45) is 0. The molecular formula is C65H50N2O2Si. The second kappa shape index (κ2) is 16.1. The smallest absolute Gasteiger partial charge is 0.160 e.